The normalized spacial score (nSPS) is 11.0. The monoisotopic (exact) mass is 473 g/mol. The number of ether oxygens (including phenoxy) is 1. The highest BCUT2D eigenvalue weighted by molar-refractivity contribution is 14.1. The van der Waals surface area contributed by atoms with E-state index in [0.717, 1.165) is 9.83 Å². The number of rotatable bonds is 6. The molecule has 2 rings (SSSR count). The van der Waals surface area contributed by atoms with E-state index in [1.165, 1.54) is 12.1 Å². The van der Waals surface area contributed by atoms with Crippen LogP contribution in [-0.4, -0.2) is 33.2 Å². The van der Waals surface area contributed by atoms with Gasteiger partial charge < -0.3 is 10.1 Å². The molecule has 0 atom stereocenters. The number of anilines is 1. The number of carbonyl (C=O) groups is 2. The number of benzene rings is 2. The fourth-order valence-electron chi connectivity index (χ4n) is 2.05. The number of amides is 1. The van der Waals surface area contributed by atoms with Gasteiger partial charge in [-0.05, 0) is 52.4 Å². The Labute approximate surface area is 159 Å². The summed E-state index contributed by atoms with van der Waals surface area (Å²) in [6.07, 6.45) is 1.12. The molecule has 0 aromatic heterocycles. The Hall–Kier alpha value is -1.94. The van der Waals surface area contributed by atoms with Crippen LogP contribution < -0.4 is 5.32 Å². The molecule has 1 N–H and O–H groups in total. The van der Waals surface area contributed by atoms with Crippen LogP contribution in [0.4, 0.5) is 5.69 Å². The average molecular weight is 473 g/mol. The summed E-state index contributed by atoms with van der Waals surface area (Å²) in [5.74, 6) is -1.31. The lowest BCUT2D eigenvalue weighted by atomic mass is 10.1. The highest BCUT2D eigenvalue weighted by Crippen LogP contribution is 2.16. The highest BCUT2D eigenvalue weighted by atomic mass is 127. The van der Waals surface area contributed by atoms with Gasteiger partial charge in [0.2, 0.25) is 0 Å². The molecule has 0 aliphatic heterocycles. The predicted molar refractivity (Wildman–Crippen MR) is 103 cm³/mol. The number of hydrogen-bond acceptors (Lipinski definition) is 5. The number of halogens is 1. The number of esters is 1. The lowest BCUT2D eigenvalue weighted by molar-refractivity contribution is -0.119. The van der Waals surface area contributed by atoms with Crippen molar-refractivity contribution in [3.63, 3.8) is 0 Å². The van der Waals surface area contributed by atoms with E-state index in [9.17, 15) is 18.0 Å². The molecule has 2 aromatic carbocycles. The Bertz CT molecular complexity index is 895. The fourth-order valence-corrected chi connectivity index (χ4v) is 3.36. The summed E-state index contributed by atoms with van der Waals surface area (Å²) < 4.78 is 28.5. The molecule has 1 amide bonds. The molecule has 25 heavy (non-hydrogen) atoms. The summed E-state index contributed by atoms with van der Waals surface area (Å²) in [5.41, 5.74) is 1.32. The van der Waals surface area contributed by atoms with Crippen molar-refractivity contribution in [2.75, 3.05) is 18.2 Å². The zero-order valence-corrected chi connectivity index (χ0v) is 16.3. The first-order valence-electron chi connectivity index (χ1n) is 7.23. The number of hydrogen-bond donors (Lipinski definition) is 1. The molecule has 0 spiro atoms. The van der Waals surface area contributed by atoms with Crippen LogP contribution >= 0.6 is 22.6 Å². The lowest BCUT2D eigenvalue weighted by Crippen LogP contribution is -2.21. The summed E-state index contributed by atoms with van der Waals surface area (Å²) >= 11 is 2.09. The van der Waals surface area contributed by atoms with E-state index in [-0.39, 0.29) is 11.3 Å². The third kappa shape index (κ3) is 6.46. The van der Waals surface area contributed by atoms with Gasteiger partial charge >= 0.3 is 5.97 Å². The van der Waals surface area contributed by atoms with Gasteiger partial charge in [-0.2, -0.15) is 0 Å². The molecule has 0 saturated heterocycles. The second-order valence-corrected chi connectivity index (χ2v) is 8.68. The van der Waals surface area contributed by atoms with Gasteiger partial charge in [-0.1, -0.05) is 24.3 Å². The summed E-state index contributed by atoms with van der Waals surface area (Å²) in [6.45, 7) is -0.430. The van der Waals surface area contributed by atoms with Crippen molar-refractivity contribution < 1.29 is 22.7 Å². The van der Waals surface area contributed by atoms with Gasteiger partial charge in [0.15, 0.2) is 16.4 Å². The Morgan fingerprint density at radius 1 is 1.12 bits per heavy atom. The largest absolute Gasteiger partial charge is 0.452 e. The zero-order valence-electron chi connectivity index (χ0n) is 13.4. The minimum absolute atomic E-state index is 0.166. The SMILES string of the molecule is CS(=O)(=O)Cc1cccc(C(=O)OCC(=O)Nc2ccccc2I)c1. The first-order valence-corrected chi connectivity index (χ1v) is 10.4. The molecule has 0 radical (unpaired) electrons. The minimum atomic E-state index is -3.20. The Morgan fingerprint density at radius 3 is 2.52 bits per heavy atom. The minimum Gasteiger partial charge on any atom is -0.452 e. The predicted octanol–water partition coefficient (Wildman–Crippen LogP) is 2.63. The van der Waals surface area contributed by atoms with Crippen LogP contribution in [-0.2, 0) is 25.1 Å². The van der Waals surface area contributed by atoms with Gasteiger partial charge in [0, 0.05) is 9.83 Å². The molecule has 0 unspecified atom stereocenters. The van der Waals surface area contributed by atoms with E-state index in [0.29, 0.717) is 11.3 Å². The van der Waals surface area contributed by atoms with E-state index in [1.807, 2.05) is 12.1 Å². The quantitative estimate of drug-likeness (QED) is 0.515. The van der Waals surface area contributed by atoms with Crippen molar-refractivity contribution in [3.8, 4) is 0 Å². The molecule has 8 heteroatoms. The number of nitrogens with one attached hydrogen (secondary N) is 1. The first kappa shape index (κ1) is 19.4. The lowest BCUT2D eigenvalue weighted by Gasteiger charge is -2.08. The van der Waals surface area contributed by atoms with Crippen molar-refractivity contribution in [1.29, 1.82) is 0 Å². The topological polar surface area (TPSA) is 89.5 Å². The maximum atomic E-state index is 12.0. The molecule has 0 heterocycles. The van der Waals surface area contributed by atoms with Crippen molar-refractivity contribution >= 4 is 50.0 Å². The molecule has 0 aliphatic carbocycles. The van der Waals surface area contributed by atoms with Gasteiger partial charge in [0.1, 0.15) is 0 Å². The van der Waals surface area contributed by atoms with Gasteiger partial charge in [-0.3, -0.25) is 4.79 Å². The molecule has 0 bridgehead atoms. The molecule has 2 aromatic rings. The van der Waals surface area contributed by atoms with Crippen LogP contribution in [0.3, 0.4) is 0 Å². The maximum Gasteiger partial charge on any atom is 0.338 e. The number of para-hydroxylation sites is 1. The van der Waals surface area contributed by atoms with Crippen molar-refractivity contribution in [2.45, 2.75) is 5.75 Å². The number of sulfone groups is 1. The van der Waals surface area contributed by atoms with Gasteiger partial charge in [-0.25, -0.2) is 13.2 Å². The molecule has 0 aliphatic rings. The van der Waals surface area contributed by atoms with Crippen LogP contribution in [0.1, 0.15) is 15.9 Å². The molecular weight excluding hydrogens is 457 g/mol. The zero-order chi connectivity index (χ0) is 18.4. The Morgan fingerprint density at radius 2 is 1.84 bits per heavy atom. The molecular formula is C17H16INO5S. The summed E-state index contributed by atoms with van der Waals surface area (Å²) in [4.78, 5) is 23.9. The standard InChI is InChI=1S/C17H16INO5S/c1-25(22,23)11-12-5-4-6-13(9-12)17(21)24-10-16(20)19-15-8-3-2-7-14(15)18/h2-9H,10-11H2,1H3,(H,19,20). The molecule has 132 valence electrons. The number of carbonyl (C=O) groups excluding carboxylic acids is 2. The van der Waals surface area contributed by atoms with Gasteiger partial charge in [0.05, 0.1) is 17.0 Å². The van der Waals surface area contributed by atoms with E-state index < -0.39 is 28.3 Å². The van der Waals surface area contributed by atoms with E-state index >= 15 is 0 Å². The van der Waals surface area contributed by atoms with E-state index in [4.69, 9.17) is 4.74 Å². The van der Waals surface area contributed by atoms with Crippen molar-refractivity contribution in [2.24, 2.45) is 0 Å². The summed E-state index contributed by atoms with van der Waals surface area (Å²) in [7, 11) is -3.20. The molecule has 6 nitrogen and oxygen atoms in total. The molecule has 0 saturated carbocycles. The van der Waals surface area contributed by atoms with Crippen molar-refractivity contribution in [3.05, 3.63) is 63.2 Å². The van der Waals surface area contributed by atoms with Crippen molar-refractivity contribution in [1.82, 2.24) is 0 Å². The third-order valence-electron chi connectivity index (χ3n) is 3.07. The molecule has 0 fully saturated rings. The Kier molecular flexibility index (Phi) is 6.54. The summed E-state index contributed by atoms with van der Waals surface area (Å²) in [6, 6.07) is 13.4. The first-order chi connectivity index (χ1) is 11.7. The fraction of sp³-hybridized carbons (Fsp3) is 0.176. The van der Waals surface area contributed by atoms with Crippen LogP contribution in [0.2, 0.25) is 0 Å². The smallest absolute Gasteiger partial charge is 0.338 e. The van der Waals surface area contributed by atoms with Crippen LogP contribution in [0, 0.1) is 3.57 Å². The highest BCUT2D eigenvalue weighted by Gasteiger charge is 2.13. The van der Waals surface area contributed by atoms with Crippen LogP contribution in [0.5, 0.6) is 0 Å². The van der Waals surface area contributed by atoms with Crippen LogP contribution in [0.15, 0.2) is 48.5 Å². The van der Waals surface area contributed by atoms with Crippen LogP contribution in [0.25, 0.3) is 0 Å². The summed E-state index contributed by atoms with van der Waals surface area (Å²) in [5, 5.41) is 2.66. The maximum absolute atomic E-state index is 12.0. The average Bonchev–Trinajstić information content (AvgIpc) is 2.53. The van der Waals surface area contributed by atoms with E-state index in [2.05, 4.69) is 27.9 Å². The Balaban J connectivity index is 1.95. The van der Waals surface area contributed by atoms with E-state index in [1.54, 1.807) is 24.3 Å². The van der Waals surface area contributed by atoms with Gasteiger partial charge in [0.25, 0.3) is 5.91 Å². The third-order valence-corrected chi connectivity index (χ3v) is 4.87. The second kappa shape index (κ2) is 8.43. The second-order valence-electron chi connectivity index (χ2n) is 5.37. The van der Waals surface area contributed by atoms with Gasteiger partial charge in [-0.15, -0.1) is 0 Å².